The zero-order valence-electron chi connectivity index (χ0n) is 11.7. The Morgan fingerprint density at radius 1 is 1.50 bits per heavy atom. The van der Waals surface area contributed by atoms with E-state index in [1.54, 1.807) is 7.05 Å². The smallest absolute Gasteiger partial charge is 0.233 e. The molecule has 0 spiro atoms. The van der Waals surface area contributed by atoms with Gasteiger partial charge in [0.2, 0.25) is 5.91 Å². The van der Waals surface area contributed by atoms with Crippen molar-refractivity contribution >= 4 is 16.9 Å². The molecule has 0 unspecified atom stereocenters. The molecule has 0 aliphatic carbocycles. The largest absolute Gasteiger partial charge is 0.358 e. The molecule has 0 radical (unpaired) electrons. The molecule has 1 saturated heterocycles. The third-order valence-electron chi connectivity index (χ3n) is 3.95. The number of nitrogens with zero attached hydrogens (tertiary/aromatic N) is 2. The van der Waals surface area contributed by atoms with E-state index >= 15 is 0 Å². The number of carbonyl (C=O) groups excluding carboxylic acids is 1. The lowest BCUT2D eigenvalue weighted by atomic mass is 9.97. The average molecular weight is 272 g/mol. The van der Waals surface area contributed by atoms with Gasteiger partial charge >= 0.3 is 0 Å². The molecule has 0 bridgehead atoms. The number of para-hydroxylation sites is 2. The van der Waals surface area contributed by atoms with Crippen LogP contribution in [-0.2, 0) is 4.79 Å². The van der Waals surface area contributed by atoms with E-state index in [0.29, 0.717) is 12.5 Å². The zero-order chi connectivity index (χ0) is 13.9. The summed E-state index contributed by atoms with van der Waals surface area (Å²) in [6, 6.07) is 8.10. The molecule has 5 heteroatoms. The van der Waals surface area contributed by atoms with Gasteiger partial charge in [0.05, 0.1) is 17.6 Å². The standard InChI is InChI=1S/C15H20N4O/c1-16-14(20)10-19-8-4-5-11(9-19)15-17-12-6-2-3-7-13(12)18-15/h2-3,6-7,11H,4-5,8-10H2,1H3,(H,16,20)(H,17,18)/t11-/m1/s1. The molecule has 1 amide bonds. The predicted octanol–water partition coefficient (Wildman–Crippen LogP) is 1.49. The fourth-order valence-electron chi connectivity index (χ4n) is 2.87. The number of likely N-dealkylation sites (tertiary alicyclic amines) is 1. The normalized spacial score (nSPS) is 20.1. The summed E-state index contributed by atoms with van der Waals surface area (Å²) in [5.41, 5.74) is 2.11. The van der Waals surface area contributed by atoms with E-state index in [1.807, 2.05) is 18.2 Å². The highest BCUT2D eigenvalue weighted by Crippen LogP contribution is 2.26. The van der Waals surface area contributed by atoms with Gasteiger partial charge in [-0.25, -0.2) is 4.98 Å². The fraction of sp³-hybridized carbons (Fsp3) is 0.467. The fourth-order valence-corrected chi connectivity index (χ4v) is 2.87. The van der Waals surface area contributed by atoms with E-state index in [2.05, 4.69) is 26.3 Å². The quantitative estimate of drug-likeness (QED) is 0.890. The zero-order valence-corrected chi connectivity index (χ0v) is 11.7. The van der Waals surface area contributed by atoms with Crippen molar-refractivity contribution in [3.05, 3.63) is 30.1 Å². The predicted molar refractivity (Wildman–Crippen MR) is 78.6 cm³/mol. The third-order valence-corrected chi connectivity index (χ3v) is 3.95. The van der Waals surface area contributed by atoms with Crippen LogP contribution in [0.4, 0.5) is 0 Å². The number of likely N-dealkylation sites (N-methyl/N-ethyl adjacent to an activating group) is 1. The molecule has 0 saturated carbocycles. The van der Waals surface area contributed by atoms with Crippen LogP contribution in [0.5, 0.6) is 0 Å². The van der Waals surface area contributed by atoms with Gasteiger partial charge in [-0.1, -0.05) is 12.1 Å². The van der Waals surface area contributed by atoms with Crippen LogP contribution in [0.1, 0.15) is 24.6 Å². The van der Waals surface area contributed by atoms with Crippen LogP contribution in [0.25, 0.3) is 11.0 Å². The number of H-pyrrole nitrogens is 1. The number of fused-ring (bicyclic) bond motifs is 1. The number of nitrogens with one attached hydrogen (secondary N) is 2. The topological polar surface area (TPSA) is 61.0 Å². The van der Waals surface area contributed by atoms with E-state index in [4.69, 9.17) is 0 Å². The van der Waals surface area contributed by atoms with Crippen LogP contribution in [0, 0.1) is 0 Å². The van der Waals surface area contributed by atoms with Gasteiger partial charge in [0, 0.05) is 19.5 Å². The second-order valence-corrected chi connectivity index (χ2v) is 5.39. The lowest BCUT2D eigenvalue weighted by Gasteiger charge is -2.31. The molecule has 1 fully saturated rings. The number of imidazole rings is 1. The Kier molecular flexibility index (Phi) is 3.69. The third kappa shape index (κ3) is 2.67. The van der Waals surface area contributed by atoms with Crippen LogP contribution in [0.3, 0.4) is 0 Å². The molecule has 2 heterocycles. The number of hydrogen-bond donors (Lipinski definition) is 2. The minimum atomic E-state index is 0.0789. The first-order valence-electron chi connectivity index (χ1n) is 7.14. The van der Waals surface area contributed by atoms with Crippen LogP contribution in [0.2, 0.25) is 0 Å². The van der Waals surface area contributed by atoms with Crippen molar-refractivity contribution in [3.8, 4) is 0 Å². The molecular formula is C15H20N4O. The highest BCUT2D eigenvalue weighted by Gasteiger charge is 2.24. The Morgan fingerprint density at radius 3 is 3.15 bits per heavy atom. The van der Waals surface area contributed by atoms with Crippen LogP contribution in [-0.4, -0.2) is 47.5 Å². The van der Waals surface area contributed by atoms with E-state index in [1.165, 1.54) is 0 Å². The van der Waals surface area contributed by atoms with Crippen LogP contribution < -0.4 is 5.32 Å². The summed E-state index contributed by atoms with van der Waals surface area (Å²) in [5.74, 6) is 1.52. The number of piperidine rings is 1. The second kappa shape index (κ2) is 5.63. The maximum atomic E-state index is 11.5. The summed E-state index contributed by atoms with van der Waals surface area (Å²) in [4.78, 5) is 21.8. The minimum Gasteiger partial charge on any atom is -0.358 e. The Hall–Kier alpha value is -1.88. The highest BCUT2D eigenvalue weighted by atomic mass is 16.1. The first kappa shape index (κ1) is 13.1. The first-order valence-corrected chi connectivity index (χ1v) is 7.14. The molecule has 106 valence electrons. The van der Waals surface area contributed by atoms with Crippen LogP contribution in [0.15, 0.2) is 24.3 Å². The average Bonchev–Trinajstić information content (AvgIpc) is 2.91. The number of amides is 1. The summed E-state index contributed by atoms with van der Waals surface area (Å²) >= 11 is 0. The monoisotopic (exact) mass is 272 g/mol. The van der Waals surface area contributed by atoms with Crippen molar-refractivity contribution in [1.82, 2.24) is 20.2 Å². The Bertz CT molecular complexity index is 574. The van der Waals surface area contributed by atoms with Gasteiger partial charge < -0.3 is 10.3 Å². The van der Waals surface area contributed by atoms with Crippen molar-refractivity contribution < 1.29 is 4.79 Å². The molecule has 1 aliphatic heterocycles. The Morgan fingerprint density at radius 2 is 2.35 bits per heavy atom. The van der Waals surface area contributed by atoms with Gasteiger partial charge in [-0.2, -0.15) is 0 Å². The van der Waals surface area contributed by atoms with Crippen molar-refractivity contribution in [3.63, 3.8) is 0 Å². The summed E-state index contributed by atoms with van der Waals surface area (Å²) in [5, 5.41) is 2.68. The molecule has 1 aliphatic rings. The van der Waals surface area contributed by atoms with Gasteiger partial charge in [0.25, 0.3) is 0 Å². The molecule has 1 aromatic carbocycles. The molecule has 1 aromatic heterocycles. The number of aromatic amines is 1. The summed E-state index contributed by atoms with van der Waals surface area (Å²) in [6.45, 7) is 2.37. The first-order chi connectivity index (χ1) is 9.76. The molecule has 2 N–H and O–H groups in total. The van der Waals surface area contributed by atoms with E-state index in [9.17, 15) is 4.79 Å². The molecule has 20 heavy (non-hydrogen) atoms. The molecular weight excluding hydrogens is 252 g/mol. The van der Waals surface area contributed by atoms with Crippen LogP contribution >= 0.6 is 0 Å². The SMILES string of the molecule is CNC(=O)CN1CCC[C@@H](c2nc3ccccc3[nH]2)C1. The number of benzene rings is 1. The summed E-state index contributed by atoms with van der Waals surface area (Å²) in [7, 11) is 1.68. The van der Waals surface area contributed by atoms with Gasteiger partial charge in [-0.3, -0.25) is 9.69 Å². The second-order valence-electron chi connectivity index (χ2n) is 5.39. The van der Waals surface area contributed by atoms with Crippen molar-refractivity contribution in [2.45, 2.75) is 18.8 Å². The molecule has 1 atom stereocenters. The van der Waals surface area contributed by atoms with Gasteiger partial charge in [0.15, 0.2) is 0 Å². The maximum absolute atomic E-state index is 11.5. The number of hydrogen-bond acceptors (Lipinski definition) is 3. The molecule has 3 rings (SSSR count). The Labute approximate surface area is 118 Å². The van der Waals surface area contributed by atoms with E-state index in [-0.39, 0.29) is 5.91 Å². The Balaban J connectivity index is 1.74. The van der Waals surface area contributed by atoms with Crippen molar-refractivity contribution in [2.75, 3.05) is 26.7 Å². The van der Waals surface area contributed by atoms with Gasteiger partial charge in [-0.15, -0.1) is 0 Å². The van der Waals surface area contributed by atoms with Gasteiger partial charge in [0.1, 0.15) is 5.82 Å². The molecule has 2 aromatic rings. The minimum absolute atomic E-state index is 0.0789. The summed E-state index contributed by atoms with van der Waals surface area (Å²) in [6.07, 6.45) is 2.24. The van der Waals surface area contributed by atoms with Crippen molar-refractivity contribution in [1.29, 1.82) is 0 Å². The number of aromatic nitrogens is 2. The van der Waals surface area contributed by atoms with Crippen molar-refractivity contribution in [2.24, 2.45) is 0 Å². The lowest BCUT2D eigenvalue weighted by molar-refractivity contribution is -0.122. The lowest BCUT2D eigenvalue weighted by Crippen LogP contribution is -2.41. The van der Waals surface area contributed by atoms with Gasteiger partial charge in [-0.05, 0) is 31.5 Å². The number of rotatable bonds is 3. The number of carbonyl (C=O) groups is 1. The highest BCUT2D eigenvalue weighted by molar-refractivity contribution is 5.77. The summed E-state index contributed by atoms with van der Waals surface area (Å²) < 4.78 is 0. The van der Waals surface area contributed by atoms with E-state index in [0.717, 1.165) is 42.8 Å². The molecule has 5 nitrogen and oxygen atoms in total. The van der Waals surface area contributed by atoms with E-state index < -0.39 is 0 Å². The maximum Gasteiger partial charge on any atom is 0.233 e.